The quantitative estimate of drug-likeness (QED) is 0.232. The van der Waals surface area contributed by atoms with Gasteiger partial charge >= 0.3 is 6.09 Å². The maximum atomic E-state index is 13.7. The second-order valence-corrected chi connectivity index (χ2v) is 17.4. The Hall–Kier alpha value is -3.10. The monoisotopic (exact) mass is 551 g/mol. The first-order chi connectivity index (χ1) is 18.1. The smallest absolute Gasteiger partial charge is 0.419 e. The van der Waals surface area contributed by atoms with Crippen LogP contribution in [0, 0.1) is 0 Å². The molecule has 4 rings (SSSR count). The van der Waals surface area contributed by atoms with E-state index >= 15 is 0 Å². The summed E-state index contributed by atoms with van der Waals surface area (Å²) in [5.41, 5.74) is 0.568. The minimum atomic E-state index is -2.07. The van der Waals surface area contributed by atoms with Gasteiger partial charge in [-0.15, -0.1) is 0 Å². The Morgan fingerprint density at radius 2 is 1.51 bits per heavy atom. The molecule has 0 amide bonds. The van der Waals surface area contributed by atoms with Gasteiger partial charge in [-0.05, 0) is 87.4 Å². The van der Waals surface area contributed by atoms with Gasteiger partial charge in [-0.25, -0.2) is 9.36 Å². The first-order valence-electron chi connectivity index (χ1n) is 13.6. The van der Waals surface area contributed by atoms with Crippen LogP contribution in [0.25, 0.3) is 10.9 Å². The van der Waals surface area contributed by atoms with Crippen molar-refractivity contribution in [3.63, 3.8) is 0 Å². The van der Waals surface area contributed by atoms with E-state index in [4.69, 9.17) is 18.6 Å². The number of hydrogen-bond donors (Lipinski definition) is 0. The number of aromatic nitrogens is 1. The highest BCUT2D eigenvalue weighted by atomic mass is 28.4. The molecule has 0 radical (unpaired) electrons. The van der Waals surface area contributed by atoms with Gasteiger partial charge in [0, 0.05) is 23.8 Å². The minimum absolute atomic E-state index is 0.0339. The van der Waals surface area contributed by atoms with E-state index in [2.05, 4.69) is 33.9 Å². The maximum Gasteiger partial charge on any atom is 0.419 e. The second-order valence-electron chi connectivity index (χ2n) is 12.7. The first kappa shape index (κ1) is 28.9. The number of rotatable bonds is 6. The molecular formula is C31H41NO6Si. The van der Waals surface area contributed by atoms with E-state index in [1.54, 1.807) is 51.1 Å². The summed E-state index contributed by atoms with van der Waals surface area (Å²) in [4.78, 5) is 27.1. The average Bonchev–Trinajstić information content (AvgIpc) is 3.22. The lowest BCUT2D eigenvalue weighted by atomic mass is 10.1. The van der Waals surface area contributed by atoms with E-state index in [1.165, 1.54) is 4.57 Å². The molecule has 1 aromatic heterocycles. The zero-order chi connectivity index (χ0) is 28.6. The number of carbonyl (C=O) groups is 2. The maximum absolute atomic E-state index is 13.7. The van der Waals surface area contributed by atoms with Crippen molar-refractivity contribution >= 4 is 31.1 Å². The van der Waals surface area contributed by atoms with Crippen molar-refractivity contribution < 1.29 is 28.2 Å². The van der Waals surface area contributed by atoms with Crippen LogP contribution in [0.3, 0.4) is 0 Å². The van der Waals surface area contributed by atoms with E-state index in [-0.39, 0.29) is 22.6 Å². The predicted octanol–water partition coefficient (Wildman–Crippen LogP) is 7.60. The summed E-state index contributed by atoms with van der Waals surface area (Å²) in [6.45, 7) is 17.7. The van der Waals surface area contributed by atoms with Gasteiger partial charge in [0.2, 0.25) is 14.1 Å². The van der Waals surface area contributed by atoms with Crippen molar-refractivity contribution in [1.29, 1.82) is 0 Å². The summed E-state index contributed by atoms with van der Waals surface area (Å²) in [6, 6.07) is 14.4. The normalized spacial score (nSPS) is 15.3. The molecule has 0 N–H and O–H groups in total. The number of fused-ring (bicyclic) bond motifs is 1. The Kier molecular flexibility index (Phi) is 8.01. The molecule has 8 heteroatoms. The van der Waals surface area contributed by atoms with Crippen molar-refractivity contribution in [1.82, 2.24) is 4.57 Å². The molecule has 0 unspecified atom stereocenters. The highest BCUT2D eigenvalue weighted by Crippen LogP contribution is 2.38. The van der Waals surface area contributed by atoms with Gasteiger partial charge in [0.1, 0.15) is 28.9 Å². The number of ketones is 1. The van der Waals surface area contributed by atoms with Crippen LogP contribution < -0.4 is 9.16 Å². The molecule has 3 aromatic rings. The van der Waals surface area contributed by atoms with E-state index in [1.807, 2.05) is 18.2 Å². The fourth-order valence-corrected chi connectivity index (χ4v) is 5.22. The highest BCUT2D eigenvalue weighted by Gasteiger charge is 2.39. The Labute approximate surface area is 232 Å². The van der Waals surface area contributed by atoms with Gasteiger partial charge in [-0.3, -0.25) is 4.79 Å². The fraction of sp³-hybridized carbons (Fsp3) is 0.484. The molecule has 0 aliphatic carbocycles. The van der Waals surface area contributed by atoms with E-state index in [0.29, 0.717) is 30.0 Å². The lowest BCUT2D eigenvalue weighted by molar-refractivity contribution is 0.0255. The number of benzene rings is 2. The molecule has 2 heterocycles. The van der Waals surface area contributed by atoms with Crippen molar-refractivity contribution in [2.24, 2.45) is 0 Å². The molecule has 39 heavy (non-hydrogen) atoms. The van der Waals surface area contributed by atoms with Gasteiger partial charge in [0.05, 0.1) is 18.7 Å². The van der Waals surface area contributed by atoms with E-state index < -0.39 is 20.0 Å². The lowest BCUT2D eigenvalue weighted by Gasteiger charge is -2.36. The largest absolute Gasteiger partial charge is 0.543 e. The Morgan fingerprint density at radius 3 is 2.10 bits per heavy atom. The minimum Gasteiger partial charge on any atom is -0.543 e. The van der Waals surface area contributed by atoms with Crippen LogP contribution in [-0.2, 0) is 9.47 Å². The number of nitrogens with zero attached hydrogens (tertiary/aromatic N) is 1. The van der Waals surface area contributed by atoms with Crippen LogP contribution in [-0.4, -0.2) is 49.7 Å². The first-order valence-corrected chi connectivity index (χ1v) is 16.5. The van der Waals surface area contributed by atoms with Gasteiger partial charge in [0.15, 0.2) is 0 Å². The van der Waals surface area contributed by atoms with Crippen molar-refractivity contribution in [2.75, 3.05) is 13.2 Å². The molecule has 7 nitrogen and oxygen atoms in total. The number of carbonyl (C=O) groups excluding carboxylic acids is 2. The summed E-state index contributed by atoms with van der Waals surface area (Å²) in [5.74, 6) is 1.16. The van der Waals surface area contributed by atoms with Gasteiger partial charge in [-0.2, -0.15) is 0 Å². The summed E-state index contributed by atoms with van der Waals surface area (Å²) in [7, 11) is -2.07. The van der Waals surface area contributed by atoms with Crippen LogP contribution in [0.5, 0.6) is 11.5 Å². The molecule has 0 bridgehead atoms. The zero-order valence-corrected chi connectivity index (χ0v) is 25.4. The molecule has 0 spiro atoms. The number of hydrogen-bond acceptors (Lipinski definition) is 6. The van der Waals surface area contributed by atoms with Crippen LogP contribution in [0.15, 0.2) is 48.5 Å². The number of ether oxygens (including phenoxy) is 3. The summed E-state index contributed by atoms with van der Waals surface area (Å²) in [6.07, 6.45) is 1.20. The molecule has 210 valence electrons. The third kappa shape index (κ3) is 6.73. The van der Waals surface area contributed by atoms with Crippen LogP contribution in [0.4, 0.5) is 4.79 Å². The molecule has 1 saturated heterocycles. The van der Waals surface area contributed by atoms with Gasteiger partial charge < -0.3 is 18.6 Å². The summed E-state index contributed by atoms with van der Waals surface area (Å²) < 4.78 is 25.0. The fourth-order valence-electron chi connectivity index (χ4n) is 4.20. The van der Waals surface area contributed by atoms with Crippen LogP contribution >= 0.6 is 0 Å². The molecule has 0 atom stereocenters. The molecule has 1 aliphatic heterocycles. The van der Waals surface area contributed by atoms with Crippen LogP contribution in [0.1, 0.15) is 70.4 Å². The molecule has 1 aliphatic rings. The summed E-state index contributed by atoms with van der Waals surface area (Å²) in [5, 5.41) is 0.770. The molecule has 1 fully saturated rings. The zero-order valence-electron chi connectivity index (χ0n) is 24.4. The predicted molar refractivity (Wildman–Crippen MR) is 156 cm³/mol. The SMILES string of the molecule is CC(C)(C)OC(=O)n1c(C(=O)c2ccc(OC3CCOCC3)cc2)cc2cc(O[Si](C)(C)C(C)(C)C)ccc21. The Bertz CT molecular complexity index is 1340. The van der Waals surface area contributed by atoms with Gasteiger partial charge in [-0.1, -0.05) is 20.8 Å². The Balaban J connectivity index is 1.69. The molecule has 2 aromatic carbocycles. The third-order valence-electron chi connectivity index (χ3n) is 7.35. The third-order valence-corrected chi connectivity index (χ3v) is 11.7. The molecule has 0 saturated carbocycles. The van der Waals surface area contributed by atoms with Gasteiger partial charge in [0.25, 0.3) is 0 Å². The summed E-state index contributed by atoms with van der Waals surface area (Å²) >= 11 is 0. The van der Waals surface area contributed by atoms with Crippen molar-refractivity contribution in [2.45, 2.75) is 84.2 Å². The van der Waals surface area contributed by atoms with E-state index in [0.717, 1.165) is 24.0 Å². The molecular weight excluding hydrogens is 510 g/mol. The average molecular weight is 552 g/mol. The van der Waals surface area contributed by atoms with Crippen molar-refractivity contribution in [3.05, 3.63) is 59.8 Å². The lowest BCUT2D eigenvalue weighted by Crippen LogP contribution is -2.43. The van der Waals surface area contributed by atoms with E-state index in [9.17, 15) is 9.59 Å². The highest BCUT2D eigenvalue weighted by molar-refractivity contribution is 6.74. The Morgan fingerprint density at radius 1 is 0.897 bits per heavy atom. The second kappa shape index (κ2) is 10.8. The topological polar surface area (TPSA) is 76.0 Å². The standard InChI is InChI=1S/C31H41NO6Si/c1-30(2,3)37-29(34)32-26-14-13-25(38-39(7,8)31(4,5)6)19-22(26)20-27(32)28(33)21-9-11-23(12-10-21)36-24-15-17-35-18-16-24/h9-14,19-20,24H,15-18H2,1-8H3. The van der Waals surface area contributed by atoms with Crippen LogP contribution in [0.2, 0.25) is 18.1 Å². The van der Waals surface area contributed by atoms with Crippen molar-refractivity contribution in [3.8, 4) is 11.5 Å².